The van der Waals surface area contributed by atoms with Crippen molar-refractivity contribution in [3.05, 3.63) is 89.7 Å². The van der Waals surface area contributed by atoms with E-state index >= 15 is 0 Å². The van der Waals surface area contributed by atoms with E-state index in [1.165, 1.54) is 0 Å². The molecule has 1 saturated carbocycles. The van der Waals surface area contributed by atoms with Gasteiger partial charge in [-0.3, -0.25) is 0 Å². The third kappa shape index (κ3) is 3.42. The number of hydrogen-bond donors (Lipinski definition) is 3. The molecule has 150 valence electrons. The standard InChI is InChI=1S/C24H21N3O3/c28-23(16-4-2-1-3-5-16)27-11-10-17-12-19(8-9-21(17)27)26-22-20(24(29)30)13-18(14-25-22)15-6-7-15/h1-5,8-15,23,28H,6-7H2,(H,25,26)(H,29,30). The fraction of sp³-hybridized carbons (Fsp3) is 0.167. The molecule has 0 spiro atoms. The predicted octanol–water partition coefficient (Wildman–Crippen LogP) is 4.89. The van der Waals surface area contributed by atoms with E-state index in [1.807, 2.05) is 60.8 Å². The van der Waals surface area contributed by atoms with Gasteiger partial charge in [-0.05, 0) is 54.7 Å². The van der Waals surface area contributed by atoms with Crippen LogP contribution in [-0.4, -0.2) is 25.7 Å². The van der Waals surface area contributed by atoms with E-state index in [-0.39, 0.29) is 5.56 Å². The number of rotatable bonds is 6. The summed E-state index contributed by atoms with van der Waals surface area (Å²) >= 11 is 0. The van der Waals surface area contributed by atoms with Crippen molar-refractivity contribution < 1.29 is 15.0 Å². The maximum absolute atomic E-state index is 11.7. The number of aromatic carboxylic acids is 1. The molecule has 3 N–H and O–H groups in total. The minimum atomic E-state index is -0.995. The summed E-state index contributed by atoms with van der Waals surface area (Å²) in [6.07, 6.45) is 5.01. The van der Waals surface area contributed by atoms with Gasteiger partial charge < -0.3 is 20.1 Å². The maximum atomic E-state index is 11.7. The van der Waals surface area contributed by atoms with E-state index in [0.29, 0.717) is 11.7 Å². The van der Waals surface area contributed by atoms with Crippen molar-refractivity contribution in [1.29, 1.82) is 0 Å². The lowest BCUT2D eigenvalue weighted by atomic mass is 10.1. The molecule has 2 heterocycles. The van der Waals surface area contributed by atoms with Crippen molar-refractivity contribution in [2.75, 3.05) is 5.32 Å². The van der Waals surface area contributed by atoms with Gasteiger partial charge in [-0.15, -0.1) is 0 Å². The summed E-state index contributed by atoms with van der Waals surface area (Å²) in [4.78, 5) is 16.1. The fourth-order valence-corrected chi connectivity index (χ4v) is 3.76. The summed E-state index contributed by atoms with van der Waals surface area (Å²) in [5.74, 6) is -0.225. The number of anilines is 2. The highest BCUT2D eigenvalue weighted by Gasteiger charge is 2.26. The molecular weight excluding hydrogens is 378 g/mol. The van der Waals surface area contributed by atoms with Crippen molar-refractivity contribution in [2.45, 2.75) is 25.0 Å². The second kappa shape index (κ2) is 7.31. The number of carbonyl (C=O) groups is 1. The van der Waals surface area contributed by atoms with Crippen LogP contribution in [0.25, 0.3) is 10.9 Å². The van der Waals surface area contributed by atoms with E-state index in [0.717, 1.165) is 40.6 Å². The average Bonchev–Trinajstić information content (AvgIpc) is 3.53. The monoisotopic (exact) mass is 399 g/mol. The third-order valence-corrected chi connectivity index (χ3v) is 5.53. The van der Waals surface area contributed by atoms with Crippen LogP contribution in [0.5, 0.6) is 0 Å². The number of nitrogens with zero attached hydrogens (tertiary/aromatic N) is 2. The molecule has 6 heteroatoms. The molecule has 1 unspecified atom stereocenters. The van der Waals surface area contributed by atoms with Gasteiger partial charge in [-0.1, -0.05) is 30.3 Å². The van der Waals surface area contributed by atoms with Crippen LogP contribution in [0.15, 0.2) is 73.1 Å². The lowest BCUT2D eigenvalue weighted by molar-refractivity contribution is 0.0697. The number of aliphatic hydroxyl groups is 1. The van der Waals surface area contributed by atoms with Gasteiger partial charge in [0.15, 0.2) is 6.23 Å². The SMILES string of the molecule is O=C(O)c1cc(C2CC2)cnc1Nc1ccc2c(ccn2C(O)c2ccccc2)c1. The van der Waals surface area contributed by atoms with Gasteiger partial charge in [0.1, 0.15) is 11.4 Å². The van der Waals surface area contributed by atoms with Gasteiger partial charge >= 0.3 is 5.97 Å². The lowest BCUT2D eigenvalue weighted by Crippen LogP contribution is -2.08. The van der Waals surface area contributed by atoms with Crippen LogP contribution in [-0.2, 0) is 0 Å². The smallest absolute Gasteiger partial charge is 0.339 e. The lowest BCUT2D eigenvalue weighted by Gasteiger charge is -2.15. The molecule has 1 atom stereocenters. The summed E-state index contributed by atoms with van der Waals surface area (Å²) in [7, 11) is 0. The predicted molar refractivity (Wildman–Crippen MR) is 115 cm³/mol. The molecule has 0 saturated heterocycles. The first-order valence-corrected chi connectivity index (χ1v) is 9.94. The van der Waals surface area contributed by atoms with Crippen LogP contribution in [0, 0.1) is 0 Å². The van der Waals surface area contributed by atoms with Crippen LogP contribution in [0.3, 0.4) is 0 Å². The minimum Gasteiger partial charge on any atom is -0.478 e. The number of aromatic nitrogens is 2. The van der Waals surface area contributed by atoms with Crippen molar-refractivity contribution in [3.8, 4) is 0 Å². The molecule has 4 aromatic rings. The Bertz CT molecular complexity index is 1230. The van der Waals surface area contributed by atoms with Crippen molar-refractivity contribution in [3.63, 3.8) is 0 Å². The Morgan fingerprint density at radius 1 is 1.10 bits per heavy atom. The van der Waals surface area contributed by atoms with E-state index < -0.39 is 12.2 Å². The van der Waals surface area contributed by atoms with Crippen molar-refractivity contribution in [2.24, 2.45) is 0 Å². The molecular formula is C24H21N3O3. The average molecular weight is 399 g/mol. The fourth-order valence-electron chi connectivity index (χ4n) is 3.76. The van der Waals surface area contributed by atoms with Gasteiger partial charge in [0.25, 0.3) is 0 Å². The summed E-state index contributed by atoms with van der Waals surface area (Å²) < 4.78 is 1.81. The Kier molecular flexibility index (Phi) is 4.48. The van der Waals surface area contributed by atoms with Crippen molar-refractivity contribution >= 4 is 28.4 Å². The molecule has 0 radical (unpaired) electrons. The first kappa shape index (κ1) is 18.4. The second-order valence-corrected chi connectivity index (χ2v) is 7.65. The third-order valence-electron chi connectivity index (χ3n) is 5.53. The van der Waals surface area contributed by atoms with Crippen LogP contribution in [0.1, 0.15) is 46.5 Å². The zero-order chi connectivity index (χ0) is 20.7. The Morgan fingerprint density at radius 3 is 2.63 bits per heavy atom. The number of pyridine rings is 1. The number of fused-ring (bicyclic) bond motifs is 1. The number of carboxylic acids is 1. The molecule has 5 rings (SSSR count). The Morgan fingerprint density at radius 2 is 1.90 bits per heavy atom. The van der Waals surface area contributed by atoms with Crippen LogP contribution < -0.4 is 5.32 Å². The van der Waals surface area contributed by atoms with Gasteiger partial charge in [-0.2, -0.15) is 0 Å². The molecule has 1 aliphatic rings. The molecule has 30 heavy (non-hydrogen) atoms. The maximum Gasteiger partial charge on any atom is 0.339 e. The van der Waals surface area contributed by atoms with E-state index in [1.54, 1.807) is 16.8 Å². The molecule has 0 bridgehead atoms. The number of carboxylic acid groups (broad SMARTS) is 1. The first-order chi connectivity index (χ1) is 14.6. The van der Waals surface area contributed by atoms with E-state index in [4.69, 9.17) is 0 Å². The van der Waals surface area contributed by atoms with Crippen LogP contribution in [0.4, 0.5) is 11.5 Å². The summed E-state index contributed by atoms with van der Waals surface area (Å²) in [5.41, 5.74) is 3.59. The molecule has 6 nitrogen and oxygen atoms in total. The van der Waals surface area contributed by atoms with Gasteiger partial charge in [-0.25, -0.2) is 9.78 Å². The number of benzene rings is 2. The molecule has 1 aliphatic carbocycles. The summed E-state index contributed by atoms with van der Waals surface area (Å²) in [6.45, 7) is 0. The van der Waals surface area contributed by atoms with E-state index in [9.17, 15) is 15.0 Å². The Hall–Kier alpha value is -3.64. The van der Waals surface area contributed by atoms with Crippen molar-refractivity contribution in [1.82, 2.24) is 9.55 Å². The highest BCUT2D eigenvalue weighted by Crippen LogP contribution is 2.40. The highest BCUT2D eigenvalue weighted by atomic mass is 16.4. The number of hydrogen-bond acceptors (Lipinski definition) is 4. The second-order valence-electron chi connectivity index (χ2n) is 7.65. The highest BCUT2D eigenvalue weighted by molar-refractivity contribution is 5.95. The van der Waals surface area contributed by atoms with Crippen LogP contribution in [0.2, 0.25) is 0 Å². The largest absolute Gasteiger partial charge is 0.478 e. The Labute approximate surface area is 173 Å². The topological polar surface area (TPSA) is 87.4 Å². The quantitative estimate of drug-likeness (QED) is 0.429. The summed E-state index contributed by atoms with van der Waals surface area (Å²) in [6, 6.07) is 18.8. The minimum absolute atomic E-state index is 0.177. The number of aliphatic hydroxyl groups excluding tert-OH is 1. The first-order valence-electron chi connectivity index (χ1n) is 9.94. The molecule has 1 fully saturated rings. The van der Waals surface area contributed by atoms with E-state index in [2.05, 4.69) is 10.3 Å². The zero-order valence-electron chi connectivity index (χ0n) is 16.2. The summed E-state index contributed by atoms with van der Waals surface area (Å²) in [5, 5.41) is 24.4. The number of nitrogens with one attached hydrogen (secondary N) is 1. The Balaban J connectivity index is 1.45. The zero-order valence-corrected chi connectivity index (χ0v) is 16.2. The molecule has 2 aromatic heterocycles. The molecule has 2 aromatic carbocycles. The van der Waals surface area contributed by atoms with Gasteiger partial charge in [0, 0.05) is 29.0 Å². The molecule has 0 amide bonds. The molecule has 0 aliphatic heterocycles. The normalized spacial score (nSPS) is 14.6. The van der Waals surface area contributed by atoms with Gasteiger partial charge in [0.2, 0.25) is 0 Å². The van der Waals surface area contributed by atoms with Gasteiger partial charge in [0.05, 0.1) is 5.52 Å². The van der Waals surface area contributed by atoms with Crippen LogP contribution >= 0.6 is 0 Å².